The van der Waals surface area contributed by atoms with Crippen molar-refractivity contribution < 1.29 is 14.3 Å². The molecule has 0 saturated carbocycles. The van der Waals surface area contributed by atoms with Crippen molar-refractivity contribution in [3.63, 3.8) is 0 Å². The third kappa shape index (κ3) is 5.21. The molecule has 8 nitrogen and oxygen atoms in total. The molecule has 8 heteroatoms. The van der Waals surface area contributed by atoms with Crippen LogP contribution >= 0.6 is 0 Å². The molecule has 0 aliphatic carbocycles. The number of benzene rings is 1. The van der Waals surface area contributed by atoms with E-state index < -0.39 is 0 Å². The summed E-state index contributed by atoms with van der Waals surface area (Å²) >= 11 is 0. The van der Waals surface area contributed by atoms with Gasteiger partial charge >= 0.3 is 6.03 Å². The molecule has 0 radical (unpaired) electrons. The zero-order valence-electron chi connectivity index (χ0n) is 20.2. The fourth-order valence-electron chi connectivity index (χ4n) is 5.13. The first-order chi connectivity index (χ1) is 15.9. The van der Waals surface area contributed by atoms with E-state index in [1.165, 1.54) is 0 Å². The number of nitrogens with zero attached hydrogens (tertiary/aromatic N) is 3. The summed E-state index contributed by atoms with van der Waals surface area (Å²) in [6.07, 6.45) is 2.23. The second-order valence-corrected chi connectivity index (χ2v) is 9.34. The number of rotatable bonds is 7. The summed E-state index contributed by atoms with van der Waals surface area (Å²) < 4.78 is 10.9. The molecule has 178 valence electrons. The Kier molecular flexibility index (Phi) is 7.02. The number of piperidine rings is 3. The molecule has 3 fully saturated rings. The predicted molar refractivity (Wildman–Crippen MR) is 128 cm³/mol. The Morgan fingerprint density at radius 3 is 2.64 bits per heavy atom. The van der Waals surface area contributed by atoms with Gasteiger partial charge in [-0.05, 0) is 70.3 Å². The molecule has 5 rings (SSSR count). The molecule has 3 aliphatic heterocycles. The quantitative estimate of drug-likeness (QED) is 0.668. The highest BCUT2D eigenvalue weighted by molar-refractivity contribution is 5.74. The molecule has 4 atom stereocenters. The molecule has 0 spiro atoms. The van der Waals surface area contributed by atoms with Crippen molar-refractivity contribution in [2.24, 2.45) is 5.92 Å². The number of carbonyl (C=O) groups is 1. The van der Waals surface area contributed by atoms with Gasteiger partial charge in [0, 0.05) is 42.3 Å². The fourth-order valence-corrected chi connectivity index (χ4v) is 5.13. The number of amides is 2. The largest absolute Gasteiger partial charge is 0.493 e. The Hall–Kier alpha value is -2.87. The Labute approximate surface area is 196 Å². The molecule has 4 heterocycles. The smallest absolute Gasteiger partial charge is 0.315 e. The van der Waals surface area contributed by atoms with Crippen molar-refractivity contribution in [1.82, 2.24) is 25.5 Å². The lowest BCUT2D eigenvalue weighted by Gasteiger charge is -2.49. The summed E-state index contributed by atoms with van der Waals surface area (Å²) in [5.74, 6) is 3.10. The van der Waals surface area contributed by atoms with Gasteiger partial charge in [0.2, 0.25) is 0 Å². The number of urea groups is 1. The maximum absolute atomic E-state index is 12.0. The summed E-state index contributed by atoms with van der Waals surface area (Å²) in [5, 5.41) is 5.95. The van der Waals surface area contributed by atoms with Gasteiger partial charge in [-0.25, -0.2) is 14.8 Å². The lowest BCUT2D eigenvalue weighted by Crippen LogP contribution is -2.57. The minimum absolute atomic E-state index is 0.0878. The Balaban J connectivity index is 1.50. The zero-order chi connectivity index (χ0) is 23.5. The molecule has 33 heavy (non-hydrogen) atoms. The van der Waals surface area contributed by atoms with Gasteiger partial charge in [0.1, 0.15) is 5.82 Å². The van der Waals surface area contributed by atoms with E-state index in [0.29, 0.717) is 35.9 Å². The molecule has 2 bridgehead atoms. The van der Waals surface area contributed by atoms with E-state index in [1.54, 1.807) is 14.2 Å². The normalized spacial score (nSPS) is 23.9. The van der Waals surface area contributed by atoms with Crippen LogP contribution in [0.5, 0.6) is 11.5 Å². The molecule has 3 saturated heterocycles. The molecule has 2 aromatic rings. The van der Waals surface area contributed by atoms with Crippen LogP contribution in [-0.2, 0) is 0 Å². The number of hydrogen-bond donors (Lipinski definition) is 2. The van der Waals surface area contributed by atoms with Crippen LogP contribution in [0.15, 0.2) is 24.3 Å². The van der Waals surface area contributed by atoms with Gasteiger partial charge in [0.15, 0.2) is 11.5 Å². The SMILES string of the molecule is COc1ccc(-c2cc([C@H]3CN4CC[C@H]3C[C@@H]4CNC(=O)NC(C)C)nc(C)n2)cc1OC. The highest BCUT2D eigenvalue weighted by Gasteiger charge is 2.41. The summed E-state index contributed by atoms with van der Waals surface area (Å²) in [6, 6.07) is 8.44. The summed E-state index contributed by atoms with van der Waals surface area (Å²) in [6.45, 7) is 8.61. The van der Waals surface area contributed by atoms with Crippen molar-refractivity contribution in [3.05, 3.63) is 35.8 Å². The van der Waals surface area contributed by atoms with E-state index in [1.807, 2.05) is 39.0 Å². The van der Waals surface area contributed by atoms with E-state index >= 15 is 0 Å². The average molecular weight is 454 g/mol. The summed E-state index contributed by atoms with van der Waals surface area (Å²) in [5.41, 5.74) is 2.99. The number of ether oxygens (including phenoxy) is 2. The van der Waals surface area contributed by atoms with Crippen LogP contribution < -0.4 is 20.1 Å². The summed E-state index contributed by atoms with van der Waals surface area (Å²) in [4.78, 5) is 24.1. The molecule has 1 unspecified atom stereocenters. The zero-order valence-corrected chi connectivity index (χ0v) is 20.2. The minimum atomic E-state index is -0.0878. The third-order valence-corrected chi connectivity index (χ3v) is 6.71. The van der Waals surface area contributed by atoms with Crippen LogP contribution in [0.25, 0.3) is 11.3 Å². The van der Waals surface area contributed by atoms with Gasteiger partial charge in [-0.1, -0.05) is 0 Å². The van der Waals surface area contributed by atoms with Gasteiger partial charge in [-0.15, -0.1) is 0 Å². The number of fused-ring (bicyclic) bond motifs is 3. The van der Waals surface area contributed by atoms with E-state index in [4.69, 9.17) is 19.4 Å². The number of carbonyl (C=O) groups excluding carboxylic acids is 1. The molecule has 2 N–H and O–H groups in total. The maximum Gasteiger partial charge on any atom is 0.315 e. The van der Waals surface area contributed by atoms with Gasteiger partial charge in [-0.2, -0.15) is 0 Å². The molecule has 2 amide bonds. The van der Waals surface area contributed by atoms with Gasteiger partial charge in [0.25, 0.3) is 0 Å². The molecule has 3 aliphatic rings. The lowest BCUT2D eigenvalue weighted by atomic mass is 9.74. The van der Waals surface area contributed by atoms with E-state index in [2.05, 4.69) is 21.6 Å². The van der Waals surface area contributed by atoms with Gasteiger partial charge < -0.3 is 20.1 Å². The second-order valence-electron chi connectivity index (χ2n) is 9.34. The van der Waals surface area contributed by atoms with Crippen LogP contribution in [0.3, 0.4) is 0 Å². The van der Waals surface area contributed by atoms with Crippen LogP contribution in [0.2, 0.25) is 0 Å². The number of nitrogens with one attached hydrogen (secondary N) is 2. The highest BCUT2D eigenvalue weighted by Crippen LogP contribution is 2.42. The van der Waals surface area contributed by atoms with Crippen molar-refractivity contribution in [2.75, 3.05) is 33.9 Å². The first-order valence-electron chi connectivity index (χ1n) is 11.7. The Morgan fingerprint density at radius 1 is 1.18 bits per heavy atom. The lowest BCUT2D eigenvalue weighted by molar-refractivity contribution is 0.0304. The van der Waals surface area contributed by atoms with Crippen molar-refractivity contribution >= 4 is 6.03 Å². The van der Waals surface area contributed by atoms with Crippen LogP contribution in [-0.4, -0.2) is 66.8 Å². The van der Waals surface area contributed by atoms with E-state index in [-0.39, 0.29) is 12.1 Å². The monoisotopic (exact) mass is 453 g/mol. The van der Waals surface area contributed by atoms with Gasteiger partial charge in [0.05, 0.1) is 19.9 Å². The predicted octanol–water partition coefficient (Wildman–Crippen LogP) is 3.35. The van der Waals surface area contributed by atoms with Gasteiger partial charge in [-0.3, -0.25) is 4.90 Å². The van der Waals surface area contributed by atoms with Crippen LogP contribution in [0.4, 0.5) is 4.79 Å². The molecule has 1 aromatic carbocycles. The maximum atomic E-state index is 12.0. The summed E-state index contributed by atoms with van der Waals surface area (Å²) in [7, 11) is 3.28. The van der Waals surface area contributed by atoms with Crippen molar-refractivity contribution in [3.8, 4) is 22.8 Å². The topological polar surface area (TPSA) is 88.6 Å². The van der Waals surface area contributed by atoms with E-state index in [9.17, 15) is 4.79 Å². The van der Waals surface area contributed by atoms with Crippen LogP contribution in [0.1, 0.15) is 44.1 Å². The third-order valence-electron chi connectivity index (χ3n) is 6.71. The van der Waals surface area contributed by atoms with Crippen molar-refractivity contribution in [1.29, 1.82) is 0 Å². The molecule has 1 aromatic heterocycles. The van der Waals surface area contributed by atoms with E-state index in [0.717, 1.165) is 48.7 Å². The first-order valence-corrected chi connectivity index (χ1v) is 11.7. The minimum Gasteiger partial charge on any atom is -0.493 e. The number of hydrogen-bond acceptors (Lipinski definition) is 6. The van der Waals surface area contributed by atoms with Crippen molar-refractivity contribution in [2.45, 2.75) is 51.6 Å². The standard InChI is InChI=1S/C25H35N5O3/c1-15(2)27-25(31)26-13-19-10-17-8-9-30(19)14-20(17)22-12-21(28-16(3)29-22)18-6-7-23(32-4)24(11-18)33-5/h6-7,11-12,15,17,19-20H,8-10,13-14H2,1-5H3,(H2,26,27,31)/t17-,19+,20-/m0/s1. The van der Waals surface area contributed by atoms with Crippen LogP contribution in [0, 0.1) is 12.8 Å². The first kappa shape index (κ1) is 23.3. The molecular formula is C25H35N5O3. The number of aryl methyl sites for hydroxylation is 1. The fraction of sp³-hybridized carbons (Fsp3) is 0.560. The second kappa shape index (κ2) is 9.95. The highest BCUT2D eigenvalue weighted by atomic mass is 16.5. The number of methoxy groups -OCH3 is 2. The Morgan fingerprint density at radius 2 is 1.97 bits per heavy atom. The Bertz CT molecular complexity index is 996. The number of aromatic nitrogens is 2. The average Bonchev–Trinajstić information content (AvgIpc) is 2.81. The molecular weight excluding hydrogens is 418 g/mol.